The topological polar surface area (TPSA) is 322 Å². The SMILES string of the molecule is CCOC(=O)c1c[nH]c(=O)n(-c2ccc(F)cc2)c1=O.CCOC(=O)c1cn(CC2COC2)c(=O)n(-c2ccc(F)cc2)c1=O.O=C(Cl)c1cn(CC2COC2)c(=O)n(-c2ccc(F)cc2)c1=O.O=C(O)c1cn(CC2COC2)c(=O)n(-c2ccc(F)cc2)c1=O. The van der Waals surface area contributed by atoms with Gasteiger partial charge >= 0.3 is 40.7 Å². The number of H-pyrrole nitrogens is 1. The molecule has 11 rings (SSSR count). The first-order valence-corrected chi connectivity index (χ1v) is 27.9. The quantitative estimate of drug-likeness (QED) is 0.0795. The number of hydrogen-bond acceptors (Lipinski definition) is 17. The fourth-order valence-electron chi connectivity index (χ4n) is 8.94. The van der Waals surface area contributed by atoms with Crippen LogP contribution in [0.1, 0.15) is 55.3 Å². The Morgan fingerprint density at radius 2 is 0.747 bits per heavy atom. The van der Waals surface area contributed by atoms with E-state index in [1.807, 2.05) is 0 Å². The van der Waals surface area contributed by atoms with Crippen molar-refractivity contribution in [3.05, 3.63) is 251 Å². The molecule has 0 amide bonds. The molecule has 3 fully saturated rings. The van der Waals surface area contributed by atoms with E-state index in [9.17, 15) is 80.2 Å². The number of esters is 2. The third kappa shape index (κ3) is 15.7. The zero-order chi connectivity index (χ0) is 65.8. The van der Waals surface area contributed by atoms with Gasteiger partial charge in [0, 0.05) is 62.2 Å². The van der Waals surface area contributed by atoms with E-state index in [1.54, 1.807) is 13.8 Å². The molecule has 0 radical (unpaired) electrons. The van der Waals surface area contributed by atoms with E-state index >= 15 is 0 Å². The molecular formula is C60H53ClF4N8O18. The zero-order valence-corrected chi connectivity index (χ0v) is 48.7. The molecular weight excluding hydrogens is 1230 g/mol. The third-order valence-corrected chi connectivity index (χ3v) is 13.9. The number of carbonyl (C=O) groups is 4. The van der Waals surface area contributed by atoms with Crippen LogP contribution in [0.5, 0.6) is 0 Å². The van der Waals surface area contributed by atoms with Gasteiger partial charge in [-0.25, -0.2) is 69.4 Å². The number of ether oxygens (including phenoxy) is 5. The Hall–Kier alpha value is -10.4. The van der Waals surface area contributed by atoms with Crippen LogP contribution in [0.2, 0.25) is 0 Å². The lowest BCUT2D eigenvalue weighted by molar-refractivity contribution is -0.0401. The van der Waals surface area contributed by atoms with Gasteiger partial charge in [-0.1, -0.05) is 0 Å². The van der Waals surface area contributed by atoms with Crippen molar-refractivity contribution in [3.63, 3.8) is 0 Å². The number of hydrogen-bond donors (Lipinski definition) is 2. The highest BCUT2D eigenvalue weighted by atomic mass is 35.5. The van der Waals surface area contributed by atoms with Crippen LogP contribution in [0.4, 0.5) is 17.6 Å². The second kappa shape index (κ2) is 29.7. The minimum absolute atomic E-state index is 0.0912. The summed E-state index contributed by atoms with van der Waals surface area (Å²) in [5.74, 6) is -4.73. The second-order valence-corrected chi connectivity index (χ2v) is 20.5. The van der Waals surface area contributed by atoms with Crippen molar-refractivity contribution in [2.45, 2.75) is 33.5 Å². The summed E-state index contributed by atoms with van der Waals surface area (Å²) in [6.45, 7) is 7.28. The molecule has 476 valence electrons. The Morgan fingerprint density at radius 1 is 0.462 bits per heavy atom. The molecule has 4 aromatic heterocycles. The van der Waals surface area contributed by atoms with Crippen molar-refractivity contribution in [1.29, 1.82) is 0 Å². The van der Waals surface area contributed by atoms with Gasteiger partial charge in [-0.2, -0.15) is 0 Å². The Labute approximate surface area is 513 Å². The molecule has 0 aliphatic carbocycles. The molecule has 3 saturated heterocycles. The Kier molecular flexibility index (Phi) is 21.7. The molecule has 4 aromatic carbocycles. The number of carboxylic acids is 1. The fraction of sp³-hybridized carbons (Fsp3) is 0.267. The number of rotatable bonds is 16. The molecule has 3 aliphatic rings. The Bertz CT molecular complexity index is 4380. The van der Waals surface area contributed by atoms with Gasteiger partial charge in [0.25, 0.3) is 27.5 Å². The number of nitrogens with zero attached hydrogens (tertiary/aromatic N) is 7. The summed E-state index contributed by atoms with van der Waals surface area (Å²) in [5, 5.41) is 8.23. The zero-order valence-electron chi connectivity index (χ0n) is 48.0. The monoisotopic (exact) mass is 1280 g/mol. The van der Waals surface area contributed by atoms with Crippen molar-refractivity contribution in [2.75, 3.05) is 52.9 Å². The summed E-state index contributed by atoms with van der Waals surface area (Å²) < 4.78 is 83.8. The van der Waals surface area contributed by atoms with Crippen LogP contribution in [-0.2, 0) is 43.3 Å². The number of nitrogens with one attached hydrogen (secondary N) is 1. The molecule has 0 bridgehead atoms. The lowest BCUT2D eigenvalue weighted by Gasteiger charge is -2.26. The molecule has 91 heavy (non-hydrogen) atoms. The maximum absolute atomic E-state index is 13.2. The summed E-state index contributed by atoms with van der Waals surface area (Å²) >= 11 is 5.45. The van der Waals surface area contributed by atoms with E-state index < -0.39 is 97.0 Å². The maximum atomic E-state index is 13.2. The van der Waals surface area contributed by atoms with Gasteiger partial charge in [0.2, 0.25) is 0 Å². The smallest absolute Gasteiger partial charge is 0.345 e. The van der Waals surface area contributed by atoms with Gasteiger partial charge in [0.05, 0.1) is 75.6 Å². The summed E-state index contributed by atoms with van der Waals surface area (Å²) in [5.41, 5.74) is -6.76. The van der Waals surface area contributed by atoms with Crippen LogP contribution in [0.25, 0.3) is 22.7 Å². The average molecular weight is 1290 g/mol. The van der Waals surface area contributed by atoms with Crippen LogP contribution in [-0.4, -0.2) is 118 Å². The fourth-order valence-corrected chi connectivity index (χ4v) is 9.07. The average Bonchev–Trinajstić information content (AvgIpc) is 0.990. The Morgan fingerprint density at radius 3 is 1.05 bits per heavy atom. The van der Waals surface area contributed by atoms with Crippen LogP contribution < -0.4 is 45.0 Å². The number of carbonyl (C=O) groups excluding carboxylic acids is 3. The van der Waals surface area contributed by atoms with Crippen LogP contribution in [0.3, 0.4) is 0 Å². The summed E-state index contributed by atoms with van der Waals surface area (Å²) in [7, 11) is 0. The minimum atomic E-state index is -1.43. The standard InChI is InChI=1S/C17H17FN2O5.C15H12ClFN2O4.C15H13FN2O5.C13H11FN2O4/c1-2-25-16(22)14-8-19(7-11-9-24-10-11)17(23)20(15(14)21)13-5-3-12(18)4-6-13;16-13(20)12-6-18(5-9-7-23-8-9)15(22)19(14(12)21)11-3-1-10(17)2-4-11;16-10-1-3-11(4-2-10)18-13(19)12(14(20)21)6-17(15(18)22)5-9-7-23-8-9;1-2-20-12(18)10-7-15-13(19)16(11(10)17)9-5-3-8(14)4-6-9/h3-6,8,11H,2,7,9-10H2,1H3;1-4,6,9H,5,7-8H2;1-4,6,9H,5,7-8H2,(H,20,21);3-7H,2H2,1H3,(H,15,19). The number of aromatic amines is 1. The molecule has 0 atom stereocenters. The lowest BCUT2D eigenvalue weighted by atomic mass is 10.1. The highest BCUT2D eigenvalue weighted by molar-refractivity contribution is 6.67. The number of halogens is 5. The van der Waals surface area contributed by atoms with Crippen molar-refractivity contribution in [1.82, 2.24) is 37.0 Å². The van der Waals surface area contributed by atoms with Crippen molar-refractivity contribution in [2.24, 2.45) is 17.8 Å². The predicted octanol–water partition coefficient (Wildman–Crippen LogP) is 3.45. The van der Waals surface area contributed by atoms with Crippen molar-refractivity contribution in [3.8, 4) is 22.7 Å². The number of carboxylic acid groups (broad SMARTS) is 1. The van der Waals surface area contributed by atoms with E-state index in [-0.39, 0.29) is 77.0 Å². The highest BCUT2D eigenvalue weighted by Crippen LogP contribution is 2.16. The molecule has 0 spiro atoms. The van der Waals surface area contributed by atoms with Crippen molar-refractivity contribution >= 4 is 34.8 Å². The van der Waals surface area contributed by atoms with Crippen LogP contribution in [0, 0.1) is 41.0 Å². The van der Waals surface area contributed by atoms with Gasteiger partial charge in [0.15, 0.2) is 0 Å². The normalized spacial score (nSPS) is 13.5. The first-order chi connectivity index (χ1) is 43.5. The second-order valence-electron chi connectivity index (χ2n) is 20.1. The molecule has 0 saturated carbocycles. The molecule has 26 nitrogen and oxygen atoms in total. The first-order valence-electron chi connectivity index (χ1n) is 27.5. The molecule has 7 heterocycles. The highest BCUT2D eigenvalue weighted by Gasteiger charge is 2.27. The maximum Gasteiger partial charge on any atom is 0.345 e. The van der Waals surface area contributed by atoms with Crippen molar-refractivity contribution < 1.29 is 65.5 Å². The summed E-state index contributed by atoms with van der Waals surface area (Å²) in [6, 6.07) is 19.2. The number of aromatic nitrogens is 8. The number of aromatic carboxylic acids is 1. The molecule has 31 heteroatoms. The van der Waals surface area contributed by atoms with Crippen LogP contribution >= 0.6 is 11.6 Å². The molecule has 2 N–H and O–H groups in total. The van der Waals surface area contributed by atoms with E-state index in [0.717, 1.165) is 79.2 Å². The summed E-state index contributed by atoms with van der Waals surface area (Å²) in [4.78, 5) is 148. The van der Waals surface area contributed by atoms with E-state index in [1.165, 1.54) is 74.6 Å². The molecule has 8 aromatic rings. The van der Waals surface area contributed by atoms with Gasteiger partial charge in [-0.3, -0.25) is 37.7 Å². The van der Waals surface area contributed by atoms with Gasteiger partial charge in [-0.15, -0.1) is 0 Å². The summed E-state index contributed by atoms with van der Waals surface area (Å²) in [6.07, 6.45) is 4.44. The third-order valence-electron chi connectivity index (χ3n) is 13.7. The first kappa shape index (κ1) is 66.5. The van der Waals surface area contributed by atoms with E-state index in [4.69, 9.17) is 35.3 Å². The molecule has 0 unspecified atom stereocenters. The molecule has 3 aliphatic heterocycles. The lowest BCUT2D eigenvalue weighted by Crippen LogP contribution is -2.44. The van der Waals surface area contributed by atoms with E-state index in [0.29, 0.717) is 52.7 Å². The number of benzene rings is 4. The Balaban J connectivity index is 0.000000157. The minimum Gasteiger partial charge on any atom is -0.477 e. The van der Waals surface area contributed by atoms with E-state index in [2.05, 4.69) is 4.98 Å². The van der Waals surface area contributed by atoms with Gasteiger partial charge < -0.3 is 33.8 Å². The van der Waals surface area contributed by atoms with Gasteiger partial charge in [0.1, 0.15) is 45.5 Å². The largest absolute Gasteiger partial charge is 0.477 e. The predicted molar refractivity (Wildman–Crippen MR) is 313 cm³/mol. The van der Waals surface area contributed by atoms with Crippen LogP contribution in [0.15, 0.2) is 160 Å². The van der Waals surface area contributed by atoms with Gasteiger partial charge in [-0.05, 0) is 123 Å².